The molecule has 0 radical (unpaired) electrons. The first-order valence-corrected chi connectivity index (χ1v) is 8.12. The van der Waals surface area contributed by atoms with E-state index < -0.39 is 17.5 Å². The minimum atomic E-state index is -0.558. The third kappa shape index (κ3) is 2.83. The second kappa shape index (κ2) is 6.79. The van der Waals surface area contributed by atoms with Gasteiger partial charge in [0.25, 0.3) is 5.56 Å². The summed E-state index contributed by atoms with van der Waals surface area (Å²) in [6.45, 7) is 3.21. The number of nitrogens with one attached hydrogen (secondary N) is 1. The molecule has 2 fully saturated rings. The summed E-state index contributed by atoms with van der Waals surface area (Å²) < 4.78 is 24.2. The molecule has 2 saturated heterocycles. The largest absolute Gasteiger partial charge is 0.385 e. The van der Waals surface area contributed by atoms with Crippen LogP contribution >= 0.6 is 0 Å². The lowest BCUT2D eigenvalue weighted by molar-refractivity contribution is -0.0851. The van der Waals surface area contributed by atoms with E-state index in [0.29, 0.717) is 25.4 Å². The van der Waals surface area contributed by atoms with Crippen molar-refractivity contribution in [2.75, 3.05) is 34.0 Å². The van der Waals surface area contributed by atoms with E-state index in [1.165, 1.54) is 10.8 Å². The number of H-pyrrole nitrogens is 1. The maximum atomic E-state index is 12.1. The van der Waals surface area contributed by atoms with Crippen LogP contribution in [0.1, 0.15) is 24.6 Å². The van der Waals surface area contributed by atoms with Crippen LogP contribution < -0.4 is 11.2 Å². The van der Waals surface area contributed by atoms with Gasteiger partial charge >= 0.3 is 5.69 Å². The summed E-state index contributed by atoms with van der Waals surface area (Å²) in [5, 5.41) is 0. The van der Waals surface area contributed by atoms with Crippen molar-refractivity contribution in [3.05, 3.63) is 32.6 Å². The van der Waals surface area contributed by atoms with Gasteiger partial charge in [-0.2, -0.15) is 0 Å². The lowest BCUT2D eigenvalue weighted by Crippen LogP contribution is -2.42. The Labute approximate surface area is 139 Å². The van der Waals surface area contributed by atoms with Crippen molar-refractivity contribution in [3.8, 4) is 0 Å². The Balaban J connectivity index is 1.84. The normalized spacial score (nSPS) is 32.2. The molecule has 3 unspecified atom stereocenters. The van der Waals surface area contributed by atoms with Crippen molar-refractivity contribution in [2.24, 2.45) is 5.92 Å². The summed E-state index contributed by atoms with van der Waals surface area (Å²) in [5.41, 5.74) is -0.852. The van der Waals surface area contributed by atoms with Gasteiger partial charge in [0.2, 0.25) is 0 Å². The number of aryl methyl sites for hydroxylation is 1. The van der Waals surface area contributed by atoms with Gasteiger partial charge in [0, 0.05) is 38.5 Å². The molecule has 0 aromatic carbocycles. The zero-order chi connectivity index (χ0) is 17.3. The number of aromatic amines is 1. The van der Waals surface area contributed by atoms with Crippen LogP contribution in [-0.2, 0) is 18.9 Å². The molecular weight excluding hydrogens is 316 g/mol. The summed E-state index contributed by atoms with van der Waals surface area (Å²) in [6.07, 6.45) is 2.34. The van der Waals surface area contributed by atoms with Gasteiger partial charge in [0.1, 0.15) is 6.10 Å². The number of hydrogen-bond acceptors (Lipinski definition) is 6. The monoisotopic (exact) mass is 340 g/mol. The number of nitrogens with zero attached hydrogens (tertiary/aromatic N) is 1. The van der Waals surface area contributed by atoms with Crippen LogP contribution in [0, 0.1) is 12.8 Å². The first-order chi connectivity index (χ1) is 11.5. The molecule has 2 aliphatic heterocycles. The van der Waals surface area contributed by atoms with E-state index in [4.69, 9.17) is 18.9 Å². The summed E-state index contributed by atoms with van der Waals surface area (Å²) in [7, 11) is 3.36. The van der Waals surface area contributed by atoms with E-state index >= 15 is 0 Å². The van der Waals surface area contributed by atoms with Crippen molar-refractivity contribution in [2.45, 2.75) is 37.7 Å². The molecule has 8 nitrogen and oxygen atoms in total. The van der Waals surface area contributed by atoms with Crippen molar-refractivity contribution >= 4 is 0 Å². The maximum Gasteiger partial charge on any atom is 0.330 e. The van der Waals surface area contributed by atoms with Crippen molar-refractivity contribution in [3.63, 3.8) is 0 Å². The van der Waals surface area contributed by atoms with E-state index in [9.17, 15) is 9.59 Å². The zero-order valence-corrected chi connectivity index (χ0v) is 14.2. The summed E-state index contributed by atoms with van der Waals surface area (Å²) in [5.74, 6) is 0.0310. The van der Waals surface area contributed by atoms with Crippen LogP contribution in [0.3, 0.4) is 0 Å². The number of aromatic nitrogens is 2. The van der Waals surface area contributed by atoms with Gasteiger partial charge in [-0.15, -0.1) is 0 Å². The predicted molar refractivity (Wildman–Crippen MR) is 85.1 cm³/mol. The molecule has 1 aromatic rings. The number of rotatable bonds is 6. The highest BCUT2D eigenvalue weighted by Crippen LogP contribution is 2.46. The minimum absolute atomic E-state index is 0.0310. The fourth-order valence-corrected chi connectivity index (χ4v) is 3.68. The number of hydrogen-bond donors (Lipinski definition) is 1. The van der Waals surface area contributed by atoms with E-state index in [1.807, 2.05) is 0 Å². The Kier molecular flexibility index (Phi) is 4.91. The van der Waals surface area contributed by atoms with Crippen LogP contribution in [0.15, 0.2) is 15.8 Å². The Morgan fingerprint density at radius 2 is 2.17 bits per heavy atom. The van der Waals surface area contributed by atoms with Gasteiger partial charge in [-0.05, 0) is 19.8 Å². The topological polar surface area (TPSA) is 91.8 Å². The average molecular weight is 340 g/mol. The number of fused-ring (bicyclic) bond motifs is 1. The van der Waals surface area contributed by atoms with Gasteiger partial charge in [0.05, 0.1) is 18.8 Å². The maximum absolute atomic E-state index is 12.1. The standard InChI is InChI=1S/C16H24N2O6/c1-10-7-18(15(20)17-13(10)19)14-12-11(8-23-14)16(22-3,9-24-12)5-4-6-21-2/h7,11-12,14H,4-6,8-9H2,1-3H3,(H,17,19,20)/t11?,12?,14-,16?/m1/s1. The van der Waals surface area contributed by atoms with E-state index in [1.54, 1.807) is 21.1 Å². The Morgan fingerprint density at radius 1 is 1.38 bits per heavy atom. The van der Waals surface area contributed by atoms with E-state index in [2.05, 4.69) is 4.98 Å². The van der Waals surface area contributed by atoms with Crippen LogP contribution in [0.2, 0.25) is 0 Å². The fraction of sp³-hybridized carbons (Fsp3) is 0.750. The van der Waals surface area contributed by atoms with Crippen molar-refractivity contribution < 1.29 is 18.9 Å². The van der Waals surface area contributed by atoms with Crippen LogP contribution in [0.25, 0.3) is 0 Å². The fourth-order valence-electron chi connectivity index (χ4n) is 3.68. The third-order valence-electron chi connectivity index (χ3n) is 5.09. The number of ether oxygens (including phenoxy) is 4. The highest BCUT2D eigenvalue weighted by Gasteiger charge is 2.57. The Bertz CT molecular complexity index is 699. The molecule has 0 spiro atoms. The molecule has 3 rings (SSSR count). The average Bonchev–Trinajstić information content (AvgIpc) is 3.13. The second-order valence-electron chi connectivity index (χ2n) is 6.45. The number of methoxy groups -OCH3 is 2. The molecule has 0 amide bonds. The lowest BCUT2D eigenvalue weighted by Gasteiger charge is -2.31. The molecular formula is C16H24N2O6. The van der Waals surface area contributed by atoms with Gasteiger partial charge in [-0.25, -0.2) is 4.79 Å². The highest BCUT2D eigenvalue weighted by atomic mass is 16.6. The Hall–Kier alpha value is -1.48. The summed E-state index contributed by atoms with van der Waals surface area (Å²) in [4.78, 5) is 26.0. The SMILES string of the molecule is COCCCC1(OC)COC2C1CO[C@H]2n1cc(C)c(=O)[nH]c1=O. The highest BCUT2D eigenvalue weighted by molar-refractivity contribution is 5.06. The Morgan fingerprint density at radius 3 is 2.88 bits per heavy atom. The molecule has 0 saturated carbocycles. The molecule has 1 N–H and O–H groups in total. The molecule has 8 heteroatoms. The van der Waals surface area contributed by atoms with Crippen LogP contribution in [0.5, 0.6) is 0 Å². The van der Waals surface area contributed by atoms with Crippen LogP contribution in [-0.4, -0.2) is 55.3 Å². The van der Waals surface area contributed by atoms with Crippen molar-refractivity contribution in [1.82, 2.24) is 9.55 Å². The summed E-state index contributed by atoms with van der Waals surface area (Å²) in [6, 6.07) is 0. The second-order valence-corrected chi connectivity index (χ2v) is 6.45. The zero-order valence-electron chi connectivity index (χ0n) is 14.2. The molecule has 4 atom stereocenters. The molecule has 24 heavy (non-hydrogen) atoms. The predicted octanol–water partition coefficient (Wildman–Crippen LogP) is 0.201. The van der Waals surface area contributed by atoms with E-state index in [-0.39, 0.29) is 17.6 Å². The molecule has 1 aromatic heterocycles. The first-order valence-electron chi connectivity index (χ1n) is 8.12. The van der Waals surface area contributed by atoms with Crippen LogP contribution in [0.4, 0.5) is 0 Å². The van der Waals surface area contributed by atoms with Gasteiger partial charge in [-0.1, -0.05) is 0 Å². The minimum Gasteiger partial charge on any atom is -0.385 e. The molecule has 134 valence electrons. The quantitative estimate of drug-likeness (QED) is 0.744. The third-order valence-corrected chi connectivity index (χ3v) is 5.09. The van der Waals surface area contributed by atoms with Crippen molar-refractivity contribution in [1.29, 1.82) is 0 Å². The molecule has 3 heterocycles. The summed E-state index contributed by atoms with van der Waals surface area (Å²) >= 11 is 0. The molecule has 2 aliphatic rings. The van der Waals surface area contributed by atoms with E-state index in [0.717, 1.165) is 12.8 Å². The van der Waals surface area contributed by atoms with Gasteiger partial charge in [-0.3, -0.25) is 14.3 Å². The van der Waals surface area contributed by atoms with Gasteiger partial charge in [0.15, 0.2) is 6.23 Å². The smallest absolute Gasteiger partial charge is 0.330 e. The molecule has 0 aliphatic carbocycles. The first kappa shape index (κ1) is 17.3. The molecule has 0 bridgehead atoms. The van der Waals surface area contributed by atoms with Gasteiger partial charge < -0.3 is 18.9 Å². The lowest BCUT2D eigenvalue weighted by atomic mass is 9.84.